The Morgan fingerprint density at radius 3 is 2.62 bits per heavy atom. The first-order chi connectivity index (χ1) is 9.95. The Hall–Kier alpha value is -2.00. The molecule has 2 N–H and O–H groups in total. The number of carbonyl (C=O) groups excluding carboxylic acids is 1. The van der Waals surface area contributed by atoms with Crippen LogP contribution < -0.4 is 5.32 Å². The minimum Gasteiger partial charge on any atom is -0.480 e. The Morgan fingerprint density at radius 1 is 1.38 bits per heavy atom. The Morgan fingerprint density at radius 2 is 2.05 bits per heavy atom. The zero-order chi connectivity index (χ0) is 15.8. The summed E-state index contributed by atoms with van der Waals surface area (Å²) in [7, 11) is 0. The molecule has 1 aromatic carbocycles. The number of rotatable bonds is 7. The van der Waals surface area contributed by atoms with Crippen molar-refractivity contribution < 1.29 is 14.7 Å². The van der Waals surface area contributed by atoms with Crippen molar-refractivity contribution in [2.75, 3.05) is 5.75 Å². The Balaban J connectivity index is 2.87. The van der Waals surface area contributed by atoms with Crippen LogP contribution in [0.15, 0.2) is 29.2 Å². The zero-order valence-corrected chi connectivity index (χ0v) is 12.8. The summed E-state index contributed by atoms with van der Waals surface area (Å²) >= 11 is 1.26. The van der Waals surface area contributed by atoms with Gasteiger partial charge in [0.15, 0.2) is 0 Å². The molecule has 0 spiro atoms. The largest absolute Gasteiger partial charge is 0.480 e. The van der Waals surface area contributed by atoms with Crippen LogP contribution in [0.4, 0.5) is 0 Å². The molecule has 6 heteroatoms. The highest BCUT2D eigenvalue weighted by molar-refractivity contribution is 7.99. The minimum absolute atomic E-state index is 0.162. The van der Waals surface area contributed by atoms with E-state index in [4.69, 9.17) is 10.4 Å². The number of nitriles is 1. The van der Waals surface area contributed by atoms with E-state index >= 15 is 0 Å². The third-order valence-electron chi connectivity index (χ3n) is 2.73. The molecule has 0 fully saturated rings. The lowest BCUT2D eigenvalue weighted by atomic mass is 10.0. The van der Waals surface area contributed by atoms with Crippen molar-refractivity contribution in [2.45, 2.75) is 31.2 Å². The van der Waals surface area contributed by atoms with Crippen LogP contribution in [-0.4, -0.2) is 28.8 Å². The Kier molecular flexibility index (Phi) is 6.76. The lowest BCUT2D eigenvalue weighted by molar-refractivity contribution is -0.139. The maximum absolute atomic E-state index is 12.3. The molecule has 0 saturated heterocycles. The quantitative estimate of drug-likeness (QED) is 0.755. The normalized spacial score (nSPS) is 11.7. The summed E-state index contributed by atoms with van der Waals surface area (Å²) in [5.41, 5.74) is 0.396. The fourth-order valence-corrected chi connectivity index (χ4v) is 2.53. The van der Waals surface area contributed by atoms with Gasteiger partial charge in [-0.15, -0.1) is 11.8 Å². The molecule has 0 aliphatic rings. The zero-order valence-electron chi connectivity index (χ0n) is 12.0. The topological polar surface area (TPSA) is 90.2 Å². The summed E-state index contributed by atoms with van der Waals surface area (Å²) in [5, 5.41) is 20.3. The van der Waals surface area contributed by atoms with Crippen molar-refractivity contribution in [3.05, 3.63) is 29.8 Å². The van der Waals surface area contributed by atoms with Crippen LogP contribution in [0.5, 0.6) is 0 Å². The van der Waals surface area contributed by atoms with E-state index in [1.165, 1.54) is 11.8 Å². The predicted molar refractivity (Wildman–Crippen MR) is 81.1 cm³/mol. The van der Waals surface area contributed by atoms with Gasteiger partial charge in [-0.05, 0) is 24.5 Å². The van der Waals surface area contributed by atoms with Crippen molar-refractivity contribution >= 4 is 23.6 Å². The maximum Gasteiger partial charge on any atom is 0.326 e. The predicted octanol–water partition coefficient (Wildman–Crippen LogP) is 2.53. The van der Waals surface area contributed by atoms with E-state index < -0.39 is 17.9 Å². The SMILES string of the molecule is CC(C)CC(NC(=O)c1ccccc1SCC#N)C(=O)O. The van der Waals surface area contributed by atoms with Gasteiger partial charge in [-0.2, -0.15) is 5.26 Å². The lowest BCUT2D eigenvalue weighted by Gasteiger charge is -2.17. The number of aliphatic carboxylic acids is 1. The average molecular weight is 306 g/mol. The van der Waals surface area contributed by atoms with Gasteiger partial charge >= 0.3 is 5.97 Å². The second-order valence-corrected chi connectivity index (χ2v) is 5.95. The second-order valence-electron chi connectivity index (χ2n) is 4.94. The lowest BCUT2D eigenvalue weighted by Crippen LogP contribution is -2.41. The molecule has 0 aromatic heterocycles. The van der Waals surface area contributed by atoms with Crippen LogP contribution in [0, 0.1) is 17.2 Å². The van der Waals surface area contributed by atoms with Crippen LogP contribution in [0.1, 0.15) is 30.6 Å². The van der Waals surface area contributed by atoms with Gasteiger partial charge in [0.05, 0.1) is 17.4 Å². The smallest absolute Gasteiger partial charge is 0.326 e. The highest BCUT2D eigenvalue weighted by Gasteiger charge is 2.22. The number of nitrogens with zero attached hydrogens (tertiary/aromatic N) is 1. The number of nitrogens with one attached hydrogen (secondary N) is 1. The van der Waals surface area contributed by atoms with Gasteiger partial charge in [0.2, 0.25) is 0 Å². The Bertz CT molecular complexity index is 552. The summed E-state index contributed by atoms with van der Waals surface area (Å²) in [5.74, 6) is -1.07. The number of carboxylic acid groups (broad SMARTS) is 1. The van der Waals surface area contributed by atoms with Crippen LogP contribution in [0.3, 0.4) is 0 Å². The van der Waals surface area contributed by atoms with Crippen LogP contribution in [0.25, 0.3) is 0 Å². The van der Waals surface area contributed by atoms with E-state index in [2.05, 4.69) is 5.32 Å². The molecule has 1 atom stereocenters. The van der Waals surface area contributed by atoms with Crippen molar-refractivity contribution in [1.29, 1.82) is 5.26 Å². The highest BCUT2D eigenvalue weighted by Crippen LogP contribution is 2.22. The van der Waals surface area contributed by atoms with E-state index in [0.717, 1.165) is 0 Å². The summed E-state index contributed by atoms with van der Waals surface area (Å²) in [4.78, 5) is 24.1. The van der Waals surface area contributed by atoms with Crippen molar-refractivity contribution in [2.24, 2.45) is 5.92 Å². The molecular weight excluding hydrogens is 288 g/mol. The first-order valence-electron chi connectivity index (χ1n) is 6.58. The molecule has 21 heavy (non-hydrogen) atoms. The van der Waals surface area contributed by atoms with Gasteiger partial charge in [-0.3, -0.25) is 4.79 Å². The number of carboxylic acids is 1. The first kappa shape index (κ1) is 17.1. The standard InChI is InChI=1S/C15H18N2O3S/c1-10(2)9-12(15(19)20)17-14(18)11-5-3-4-6-13(11)21-8-7-16/h3-6,10,12H,8-9H2,1-2H3,(H,17,18)(H,19,20). The van der Waals surface area contributed by atoms with Gasteiger partial charge in [-0.25, -0.2) is 4.79 Å². The fraction of sp³-hybridized carbons (Fsp3) is 0.400. The van der Waals surface area contributed by atoms with Crippen LogP contribution in [-0.2, 0) is 4.79 Å². The molecule has 1 rings (SSSR count). The summed E-state index contributed by atoms with van der Waals surface area (Å²) in [6.07, 6.45) is 0.370. The number of thioether (sulfide) groups is 1. The van der Waals surface area contributed by atoms with Crippen molar-refractivity contribution in [3.63, 3.8) is 0 Å². The molecule has 0 saturated carbocycles. The molecule has 0 bridgehead atoms. The van der Waals surface area contributed by atoms with Gasteiger partial charge in [0, 0.05) is 4.90 Å². The van der Waals surface area contributed by atoms with Crippen molar-refractivity contribution in [1.82, 2.24) is 5.32 Å². The number of carbonyl (C=O) groups is 2. The monoisotopic (exact) mass is 306 g/mol. The maximum atomic E-state index is 12.3. The molecule has 0 heterocycles. The first-order valence-corrected chi connectivity index (χ1v) is 7.56. The van der Waals surface area contributed by atoms with Gasteiger partial charge in [0.1, 0.15) is 6.04 Å². The van der Waals surface area contributed by atoms with Crippen molar-refractivity contribution in [3.8, 4) is 6.07 Å². The van der Waals surface area contributed by atoms with E-state index in [9.17, 15) is 9.59 Å². The second kappa shape index (κ2) is 8.32. The molecule has 112 valence electrons. The highest BCUT2D eigenvalue weighted by atomic mass is 32.2. The molecule has 5 nitrogen and oxygen atoms in total. The van der Waals surface area contributed by atoms with Crippen LogP contribution in [0.2, 0.25) is 0 Å². The average Bonchev–Trinajstić information content (AvgIpc) is 2.44. The van der Waals surface area contributed by atoms with Gasteiger partial charge in [0.25, 0.3) is 5.91 Å². The molecule has 0 radical (unpaired) electrons. The third-order valence-corrected chi connectivity index (χ3v) is 3.67. The number of hydrogen-bond acceptors (Lipinski definition) is 4. The van der Waals surface area contributed by atoms with E-state index in [1.807, 2.05) is 19.9 Å². The number of amides is 1. The molecular formula is C15H18N2O3S. The van der Waals surface area contributed by atoms with E-state index in [-0.39, 0.29) is 11.7 Å². The molecule has 1 unspecified atom stereocenters. The number of hydrogen-bond donors (Lipinski definition) is 2. The van der Waals surface area contributed by atoms with E-state index in [0.29, 0.717) is 16.9 Å². The van der Waals surface area contributed by atoms with Gasteiger partial charge in [-0.1, -0.05) is 26.0 Å². The van der Waals surface area contributed by atoms with Crippen LogP contribution >= 0.6 is 11.8 Å². The minimum atomic E-state index is -1.04. The molecule has 1 aromatic rings. The summed E-state index contributed by atoms with van der Waals surface area (Å²) in [6.45, 7) is 3.80. The summed E-state index contributed by atoms with van der Waals surface area (Å²) < 4.78 is 0. The van der Waals surface area contributed by atoms with E-state index in [1.54, 1.807) is 24.3 Å². The van der Waals surface area contributed by atoms with Gasteiger partial charge < -0.3 is 10.4 Å². The fourth-order valence-electron chi connectivity index (χ4n) is 1.82. The summed E-state index contributed by atoms with van der Waals surface area (Å²) in [6, 6.07) is 7.96. The number of benzene rings is 1. The third kappa shape index (κ3) is 5.48. The molecule has 1 amide bonds. The molecule has 0 aliphatic heterocycles. The Labute approximate surface area is 128 Å². The molecule has 0 aliphatic carbocycles.